The van der Waals surface area contributed by atoms with Crippen molar-refractivity contribution < 1.29 is 0 Å². The minimum atomic E-state index is 0.0488. The van der Waals surface area contributed by atoms with Gasteiger partial charge in [0.15, 0.2) is 0 Å². The second-order valence-corrected chi connectivity index (χ2v) is 6.26. The van der Waals surface area contributed by atoms with Gasteiger partial charge in [0.2, 0.25) is 0 Å². The third kappa shape index (κ3) is 4.44. The summed E-state index contributed by atoms with van der Waals surface area (Å²) in [4.78, 5) is 2.26. The number of hydrogen-bond donors (Lipinski definition) is 1. The van der Waals surface area contributed by atoms with Crippen LogP contribution in [0.15, 0.2) is 53.0 Å². The number of halogens is 1. The molecule has 0 saturated carbocycles. The van der Waals surface area contributed by atoms with Crippen LogP contribution in [-0.2, 0) is 6.54 Å². The number of likely N-dealkylation sites (N-methyl/N-ethyl adjacent to an activating group) is 1. The number of nitrogens with two attached hydrogens (primary N) is 1. The van der Waals surface area contributed by atoms with Crippen LogP contribution < -0.4 is 5.73 Å². The molecule has 2 aromatic carbocycles. The van der Waals surface area contributed by atoms with E-state index < -0.39 is 0 Å². The molecule has 0 saturated heterocycles. The van der Waals surface area contributed by atoms with Crippen LogP contribution in [0.3, 0.4) is 0 Å². The predicted octanol–water partition coefficient (Wildman–Crippen LogP) is 3.89. The van der Waals surface area contributed by atoms with Crippen molar-refractivity contribution in [1.82, 2.24) is 4.90 Å². The highest BCUT2D eigenvalue weighted by molar-refractivity contribution is 9.10. The number of nitrogens with zero attached hydrogens (tertiary/aromatic N) is 1. The van der Waals surface area contributed by atoms with Crippen LogP contribution in [0, 0.1) is 6.92 Å². The Morgan fingerprint density at radius 3 is 2.50 bits per heavy atom. The standard InChI is InChI=1S/C17H21BrN2/c1-13-6-8-15(9-7-13)17(19)12-20(2)11-14-4-3-5-16(18)10-14/h3-10,17H,11-12,19H2,1-2H3. The van der Waals surface area contributed by atoms with Gasteiger partial charge in [-0.3, -0.25) is 0 Å². The first-order valence-electron chi connectivity index (χ1n) is 6.80. The number of hydrogen-bond acceptors (Lipinski definition) is 2. The van der Waals surface area contributed by atoms with Crippen LogP contribution in [0.2, 0.25) is 0 Å². The summed E-state index contributed by atoms with van der Waals surface area (Å²) in [6.45, 7) is 3.84. The molecule has 0 aliphatic rings. The summed E-state index contributed by atoms with van der Waals surface area (Å²) in [6.07, 6.45) is 0. The van der Waals surface area contributed by atoms with Gasteiger partial charge in [-0.25, -0.2) is 0 Å². The molecule has 0 spiro atoms. The summed E-state index contributed by atoms with van der Waals surface area (Å²) in [6, 6.07) is 16.9. The maximum atomic E-state index is 6.28. The zero-order valence-corrected chi connectivity index (χ0v) is 13.6. The fraction of sp³-hybridized carbons (Fsp3) is 0.294. The van der Waals surface area contributed by atoms with E-state index in [2.05, 4.69) is 77.3 Å². The van der Waals surface area contributed by atoms with E-state index in [1.165, 1.54) is 16.7 Å². The average molecular weight is 333 g/mol. The third-order valence-electron chi connectivity index (χ3n) is 3.36. The molecule has 1 unspecified atom stereocenters. The largest absolute Gasteiger partial charge is 0.323 e. The molecule has 0 fully saturated rings. The quantitative estimate of drug-likeness (QED) is 0.899. The number of benzene rings is 2. The Labute approximate surface area is 129 Å². The van der Waals surface area contributed by atoms with Gasteiger partial charge in [-0.2, -0.15) is 0 Å². The van der Waals surface area contributed by atoms with Gasteiger partial charge in [-0.1, -0.05) is 57.9 Å². The molecule has 3 heteroatoms. The van der Waals surface area contributed by atoms with Crippen LogP contribution in [-0.4, -0.2) is 18.5 Å². The van der Waals surface area contributed by atoms with Crippen molar-refractivity contribution in [3.63, 3.8) is 0 Å². The van der Waals surface area contributed by atoms with Gasteiger partial charge in [0.25, 0.3) is 0 Å². The third-order valence-corrected chi connectivity index (χ3v) is 3.85. The van der Waals surface area contributed by atoms with Gasteiger partial charge < -0.3 is 10.6 Å². The molecule has 2 aromatic rings. The highest BCUT2D eigenvalue weighted by Crippen LogP contribution is 2.16. The number of rotatable bonds is 5. The summed E-state index contributed by atoms with van der Waals surface area (Å²) >= 11 is 3.50. The zero-order valence-electron chi connectivity index (χ0n) is 12.0. The van der Waals surface area contributed by atoms with Crippen LogP contribution in [0.5, 0.6) is 0 Å². The fourth-order valence-corrected chi connectivity index (χ4v) is 2.71. The summed E-state index contributed by atoms with van der Waals surface area (Å²) in [5.74, 6) is 0. The lowest BCUT2D eigenvalue weighted by atomic mass is 10.1. The molecule has 106 valence electrons. The minimum absolute atomic E-state index is 0.0488. The fourth-order valence-electron chi connectivity index (χ4n) is 2.27. The molecule has 0 aliphatic carbocycles. The Balaban J connectivity index is 1.93. The Morgan fingerprint density at radius 2 is 1.85 bits per heavy atom. The van der Waals surface area contributed by atoms with Crippen molar-refractivity contribution in [2.24, 2.45) is 5.73 Å². The molecule has 2 nitrogen and oxygen atoms in total. The first-order chi connectivity index (χ1) is 9.54. The molecule has 2 rings (SSSR count). The van der Waals surface area contributed by atoms with E-state index in [4.69, 9.17) is 5.73 Å². The van der Waals surface area contributed by atoms with Crippen LogP contribution in [0.25, 0.3) is 0 Å². The molecule has 2 N–H and O–H groups in total. The van der Waals surface area contributed by atoms with E-state index in [0.29, 0.717) is 0 Å². The number of aryl methyl sites for hydroxylation is 1. The van der Waals surface area contributed by atoms with E-state index in [0.717, 1.165) is 17.6 Å². The van der Waals surface area contributed by atoms with Crippen LogP contribution >= 0.6 is 15.9 Å². The Morgan fingerprint density at radius 1 is 1.15 bits per heavy atom. The van der Waals surface area contributed by atoms with E-state index >= 15 is 0 Å². The molecule has 0 bridgehead atoms. The molecule has 0 heterocycles. The first kappa shape index (κ1) is 15.2. The smallest absolute Gasteiger partial charge is 0.0424 e. The Hall–Kier alpha value is -1.16. The van der Waals surface area contributed by atoms with Crippen molar-refractivity contribution in [2.75, 3.05) is 13.6 Å². The second-order valence-electron chi connectivity index (χ2n) is 5.34. The summed E-state index contributed by atoms with van der Waals surface area (Å²) in [7, 11) is 2.11. The van der Waals surface area contributed by atoms with E-state index in [1.54, 1.807) is 0 Å². The molecule has 0 aromatic heterocycles. The van der Waals surface area contributed by atoms with Crippen molar-refractivity contribution in [1.29, 1.82) is 0 Å². The van der Waals surface area contributed by atoms with Gasteiger partial charge in [0.05, 0.1) is 0 Å². The lowest BCUT2D eigenvalue weighted by molar-refractivity contribution is 0.305. The lowest BCUT2D eigenvalue weighted by Crippen LogP contribution is -2.28. The van der Waals surface area contributed by atoms with E-state index in [9.17, 15) is 0 Å². The first-order valence-corrected chi connectivity index (χ1v) is 7.59. The van der Waals surface area contributed by atoms with Gasteiger partial charge >= 0.3 is 0 Å². The van der Waals surface area contributed by atoms with Gasteiger partial charge in [0, 0.05) is 23.6 Å². The highest BCUT2D eigenvalue weighted by atomic mass is 79.9. The zero-order chi connectivity index (χ0) is 14.5. The van der Waals surface area contributed by atoms with Gasteiger partial charge in [0.1, 0.15) is 0 Å². The summed E-state index contributed by atoms with van der Waals surface area (Å²) in [5.41, 5.74) is 10.0. The van der Waals surface area contributed by atoms with Gasteiger partial charge in [-0.15, -0.1) is 0 Å². The monoisotopic (exact) mass is 332 g/mol. The maximum Gasteiger partial charge on any atom is 0.0424 e. The van der Waals surface area contributed by atoms with E-state index in [-0.39, 0.29) is 6.04 Å². The minimum Gasteiger partial charge on any atom is -0.323 e. The molecule has 20 heavy (non-hydrogen) atoms. The van der Waals surface area contributed by atoms with Crippen molar-refractivity contribution in [2.45, 2.75) is 19.5 Å². The Bertz CT molecular complexity index is 551. The maximum absolute atomic E-state index is 6.28. The highest BCUT2D eigenvalue weighted by Gasteiger charge is 2.09. The topological polar surface area (TPSA) is 29.3 Å². The Kier molecular flexibility index (Phi) is 5.35. The SMILES string of the molecule is Cc1ccc(C(N)CN(C)Cc2cccc(Br)c2)cc1. The van der Waals surface area contributed by atoms with Crippen molar-refractivity contribution in [3.05, 3.63) is 69.7 Å². The van der Waals surface area contributed by atoms with E-state index in [1.807, 2.05) is 6.07 Å². The molecule has 0 amide bonds. The van der Waals surface area contributed by atoms with Gasteiger partial charge in [-0.05, 0) is 37.2 Å². The predicted molar refractivity (Wildman–Crippen MR) is 88.6 cm³/mol. The normalized spacial score (nSPS) is 12.7. The van der Waals surface area contributed by atoms with Crippen molar-refractivity contribution in [3.8, 4) is 0 Å². The van der Waals surface area contributed by atoms with Crippen LogP contribution in [0.4, 0.5) is 0 Å². The summed E-state index contributed by atoms with van der Waals surface area (Å²) in [5, 5.41) is 0. The second kappa shape index (κ2) is 7.02. The average Bonchev–Trinajstić information content (AvgIpc) is 2.39. The van der Waals surface area contributed by atoms with Crippen molar-refractivity contribution >= 4 is 15.9 Å². The molecule has 0 radical (unpaired) electrons. The lowest BCUT2D eigenvalue weighted by Gasteiger charge is -2.22. The summed E-state index contributed by atoms with van der Waals surface area (Å²) < 4.78 is 1.12. The molecular formula is C17H21BrN2. The molecule has 0 aliphatic heterocycles. The molecule has 1 atom stereocenters. The molecular weight excluding hydrogens is 312 g/mol. The van der Waals surface area contributed by atoms with Crippen LogP contribution in [0.1, 0.15) is 22.7 Å².